The van der Waals surface area contributed by atoms with Gasteiger partial charge in [-0.1, -0.05) is 30.3 Å². The minimum absolute atomic E-state index is 0.0117. The molecule has 6 heteroatoms. The second-order valence-corrected chi connectivity index (χ2v) is 6.83. The van der Waals surface area contributed by atoms with Gasteiger partial charge in [-0.25, -0.2) is 4.98 Å². The molecular formula is C17H21N3O2S. The molecule has 1 aromatic carbocycles. The van der Waals surface area contributed by atoms with Crippen molar-refractivity contribution in [2.75, 3.05) is 32.7 Å². The Morgan fingerprint density at radius 3 is 2.57 bits per heavy atom. The number of β-amino-alcohol motifs (C(OH)–C–C–N with tert-alkyl or cyclic N) is 1. The Bertz CT molecular complexity index is 651. The van der Waals surface area contributed by atoms with Crippen molar-refractivity contribution >= 4 is 17.2 Å². The van der Waals surface area contributed by atoms with Gasteiger partial charge in [-0.2, -0.15) is 0 Å². The molecule has 23 heavy (non-hydrogen) atoms. The molecule has 1 N–H and O–H groups in total. The highest BCUT2D eigenvalue weighted by atomic mass is 32.1. The van der Waals surface area contributed by atoms with Gasteiger partial charge in [0, 0.05) is 38.1 Å². The fourth-order valence-electron chi connectivity index (χ4n) is 2.78. The minimum atomic E-state index is -0.486. The van der Waals surface area contributed by atoms with E-state index in [1.54, 1.807) is 0 Å². The third-order valence-electron chi connectivity index (χ3n) is 4.11. The van der Waals surface area contributed by atoms with Crippen molar-refractivity contribution in [2.24, 2.45) is 0 Å². The highest BCUT2D eigenvalue weighted by Crippen LogP contribution is 2.16. The van der Waals surface area contributed by atoms with E-state index in [4.69, 9.17) is 0 Å². The van der Waals surface area contributed by atoms with Gasteiger partial charge in [0.05, 0.1) is 11.1 Å². The van der Waals surface area contributed by atoms with E-state index in [1.807, 2.05) is 47.5 Å². The van der Waals surface area contributed by atoms with Gasteiger partial charge in [-0.05, 0) is 12.5 Å². The molecule has 0 radical (unpaired) electrons. The number of hydrogen-bond donors (Lipinski definition) is 1. The first-order valence-electron chi connectivity index (χ1n) is 7.80. The zero-order chi connectivity index (χ0) is 16.2. The van der Waals surface area contributed by atoms with Crippen molar-refractivity contribution in [3.05, 3.63) is 52.0 Å². The van der Waals surface area contributed by atoms with E-state index in [0.29, 0.717) is 25.3 Å². The van der Waals surface area contributed by atoms with E-state index in [2.05, 4.69) is 9.88 Å². The van der Waals surface area contributed by atoms with Crippen LogP contribution in [0, 0.1) is 6.92 Å². The van der Waals surface area contributed by atoms with Crippen molar-refractivity contribution in [3.63, 3.8) is 0 Å². The largest absolute Gasteiger partial charge is 0.387 e. The van der Waals surface area contributed by atoms with Crippen molar-refractivity contribution in [1.29, 1.82) is 0 Å². The topological polar surface area (TPSA) is 56.7 Å². The third-order valence-corrected chi connectivity index (χ3v) is 4.89. The molecular weight excluding hydrogens is 310 g/mol. The summed E-state index contributed by atoms with van der Waals surface area (Å²) in [4.78, 5) is 20.7. The van der Waals surface area contributed by atoms with Crippen molar-refractivity contribution < 1.29 is 9.90 Å². The van der Waals surface area contributed by atoms with Gasteiger partial charge >= 0.3 is 0 Å². The molecule has 0 unspecified atom stereocenters. The molecule has 0 saturated carbocycles. The average molecular weight is 331 g/mol. The number of hydrogen-bond acceptors (Lipinski definition) is 5. The van der Waals surface area contributed by atoms with E-state index in [0.717, 1.165) is 23.7 Å². The van der Waals surface area contributed by atoms with Crippen molar-refractivity contribution in [2.45, 2.75) is 13.0 Å². The summed E-state index contributed by atoms with van der Waals surface area (Å²) in [6.45, 7) is 5.41. The number of carbonyl (C=O) groups excluding carboxylic acids is 1. The van der Waals surface area contributed by atoms with Crippen molar-refractivity contribution in [3.8, 4) is 0 Å². The number of carbonyl (C=O) groups is 1. The standard InChI is InChI=1S/C17H21N3O2S/c1-13-18-15(12-23-13)17(22)20-9-7-19(8-10-20)11-16(21)14-5-3-2-4-6-14/h2-6,12,16,21H,7-11H2,1H3/t16-/m1/s1. The second-order valence-electron chi connectivity index (χ2n) is 5.77. The summed E-state index contributed by atoms with van der Waals surface area (Å²) in [6, 6.07) is 9.70. The molecule has 0 aliphatic carbocycles. The van der Waals surface area contributed by atoms with Crippen LogP contribution >= 0.6 is 11.3 Å². The summed E-state index contributed by atoms with van der Waals surface area (Å²) in [7, 11) is 0. The first kappa shape index (κ1) is 16.1. The van der Waals surface area contributed by atoms with Crippen molar-refractivity contribution in [1.82, 2.24) is 14.8 Å². The summed E-state index contributed by atoms with van der Waals surface area (Å²) in [6.07, 6.45) is -0.486. The Labute approximate surface area is 140 Å². The highest BCUT2D eigenvalue weighted by molar-refractivity contribution is 7.09. The van der Waals surface area contributed by atoms with Crippen LogP contribution in [-0.4, -0.2) is 58.5 Å². The van der Waals surface area contributed by atoms with Crippen LogP contribution in [0.25, 0.3) is 0 Å². The first-order valence-corrected chi connectivity index (χ1v) is 8.68. The SMILES string of the molecule is Cc1nc(C(=O)N2CCN(C[C@@H](O)c3ccccc3)CC2)cs1. The predicted molar refractivity (Wildman–Crippen MR) is 90.6 cm³/mol. The maximum absolute atomic E-state index is 12.4. The summed E-state index contributed by atoms with van der Waals surface area (Å²) >= 11 is 1.50. The molecule has 2 aromatic rings. The predicted octanol–water partition coefficient (Wildman–Crippen LogP) is 1.94. The minimum Gasteiger partial charge on any atom is -0.387 e. The molecule has 3 rings (SSSR count). The number of aliphatic hydroxyl groups is 1. The van der Waals surface area contributed by atoms with E-state index in [9.17, 15) is 9.90 Å². The van der Waals surface area contributed by atoms with Gasteiger partial charge in [-0.15, -0.1) is 11.3 Å². The molecule has 122 valence electrons. The summed E-state index contributed by atoms with van der Waals surface area (Å²) in [5.41, 5.74) is 1.48. The number of aliphatic hydroxyl groups excluding tert-OH is 1. The number of benzene rings is 1. The van der Waals surface area contributed by atoms with Crippen LogP contribution in [0.15, 0.2) is 35.7 Å². The number of aryl methyl sites for hydroxylation is 1. The van der Waals surface area contributed by atoms with E-state index < -0.39 is 6.10 Å². The lowest BCUT2D eigenvalue weighted by Crippen LogP contribution is -2.49. The molecule has 1 fully saturated rings. The number of thiazole rings is 1. The summed E-state index contributed by atoms with van der Waals surface area (Å²) in [5.74, 6) is 0.0117. The molecule has 0 bridgehead atoms. The molecule has 0 spiro atoms. The van der Waals surface area contributed by atoms with E-state index in [-0.39, 0.29) is 5.91 Å². The van der Waals surface area contributed by atoms with Crippen LogP contribution in [0.3, 0.4) is 0 Å². The number of aromatic nitrogens is 1. The Morgan fingerprint density at radius 1 is 1.26 bits per heavy atom. The molecule has 1 amide bonds. The number of nitrogens with zero attached hydrogens (tertiary/aromatic N) is 3. The van der Waals surface area contributed by atoms with Gasteiger partial charge in [0.25, 0.3) is 5.91 Å². The van der Waals surface area contributed by atoms with Crippen LogP contribution in [-0.2, 0) is 0 Å². The van der Waals surface area contributed by atoms with Gasteiger partial charge in [0.15, 0.2) is 0 Å². The Hall–Kier alpha value is -1.76. The van der Waals surface area contributed by atoms with Crippen LogP contribution in [0.2, 0.25) is 0 Å². The zero-order valence-corrected chi connectivity index (χ0v) is 14.0. The van der Waals surface area contributed by atoms with Gasteiger partial charge in [-0.3, -0.25) is 9.69 Å². The number of amides is 1. The average Bonchev–Trinajstić information content (AvgIpc) is 3.02. The first-order chi connectivity index (χ1) is 11.1. The number of piperazine rings is 1. The quantitative estimate of drug-likeness (QED) is 0.930. The molecule has 1 aliphatic rings. The molecule has 5 nitrogen and oxygen atoms in total. The number of rotatable bonds is 4. The lowest BCUT2D eigenvalue weighted by atomic mass is 10.1. The lowest BCUT2D eigenvalue weighted by Gasteiger charge is -2.35. The second kappa shape index (κ2) is 7.21. The van der Waals surface area contributed by atoms with E-state index >= 15 is 0 Å². The Kier molecular flexibility index (Phi) is 5.05. The molecule has 2 heterocycles. The maximum atomic E-state index is 12.4. The molecule has 1 aliphatic heterocycles. The highest BCUT2D eigenvalue weighted by Gasteiger charge is 2.24. The fraction of sp³-hybridized carbons (Fsp3) is 0.412. The van der Waals surface area contributed by atoms with Gasteiger partial charge < -0.3 is 10.0 Å². The maximum Gasteiger partial charge on any atom is 0.273 e. The lowest BCUT2D eigenvalue weighted by molar-refractivity contribution is 0.0523. The third kappa shape index (κ3) is 3.96. The van der Waals surface area contributed by atoms with Gasteiger partial charge in [0.2, 0.25) is 0 Å². The normalized spacial score (nSPS) is 17.2. The molecule has 1 aromatic heterocycles. The van der Waals surface area contributed by atoms with Crippen LogP contribution in [0.1, 0.15) is 27.2 Å². The smallest absolute Gasteiger partial charge is 0.273 e. The molecule has 1 saturated heterocycles. The van der Waals surface area contributed by atoms with E-state index in [1.165, 1.54) is 11.3 Å². The molecule has 1 atom stereocenters. The Balaban J connectivity index is 1.51. The zero-order valence-electron chi connectivity index (χ0n) is 13.2. The monoisotopic (exact) mass is 331 g/mol. The fourth-order valence-corrected chi connectivity index (χ4v) is 3.37. The van der Waals surface area contributed by atoms with Crippen LogP contribution in [0.4, 0.5) is 0 Å². The summed E-state index contributed by atoms with van der Waals surface area (Å²) < 4.78 is 0. The summed E-state index contributed by atoms with van der Waals surface area (Å²) in [5, 5.41) is 13.0. The Morgan fingerprint density at radius 2 is 1.96 bits per heavy atom. The van der Waals surface area contributed by atoms with Gasteiger partial charge in [0.1, 0.15) is 5.69 Å². The van der Waals surface area contributed by atoms with Crippen LogP contribution in [0.5, 0.6) is 0 Å². The van der Waals surface area contributed by atoms with Crippen LogP contribution < -0.4 is 0 Å².